The van der Waals surface area contributed by atoms with E-state index in [2.05, 4.69) is 12.1 Å². The van der Waals surface area contributed by atoms with Gasteiger partial charge in [0.15, 0.2) is 0 Å². The van der Waals surface area contributed by atoms with Crippen LogP contribution in [0.4, 0.5) is 0 Å². The van der Waals surface area contributed by atoms with Crippen molar-refractivity contribution in [1.82, 2.24) is 4.90 Å². The number of hydrogen-bond donors (Lipinski definition) is 1. The summed E-state index contributed by atoms with van der Waals surface area (Å²) in [6.45, 7) is 0.806. The molecule has 0 bridgehead atoms. The van der Waals surface area contributed by atoms with Crippen molar-refractivity contribution in [2.75, 3.05) is 13.1 Å². The first-order valence-corrected chi connectivity index (χ1v) is 9.70. The average Bonchev–Trinajstić information content (AvgIpc) is 3.11. The minimum absolute atomic E-state index is 0.137. The molecular weight excluding hydrogens is 338 g/mol. The number of hydrogen-bond acceptors (Lipinski definition) is 2. The summed E-state index contributed by atoms with van der Waals surface area (Å²) in [4.78, 5) is 27.1. The maximum Gasteiger partial charge on any atom is 0.308 e. The fourth-order valence-electron chi connectivity index (χ4n) is 4.65. The van der Waals surface area contributed by atoms with Crippen molar-refractivity contribution < 1.29 is 14.7 Å². The van der Waals surface area contributed by atoms with E-state index in [9.17, 15) is 14.7 Å². The van der Waals surface area contributed by atoms with E-state index in [-0.39, 0.29) is 17.2 Å². The zero-order valence-electron chi connectivity index (χ0n) is 15.4. The predicted molar refractivity (Wildman–Crippen MR) is 103 cm³/mol. The Kier molecular flexibility index (Phi) is 4.73. The van der Waals surface area contributed by atoms with E-state index in [1.54, 1.807) is 0 Å². The molecule has 1 saturated heterocycles. The normalized spacial score (nSPS) is 23.6. The van der Waals surface area contributed by atoms with Crippen molar-refractivity contribution in [2.24, 2.45) is 11.3 Å². The largest absolute Gasteiger partial charge is 0.481 e. The zero-order chi connectivity index (χ0) is 18.9. The Labute approximate surface area is 159 Å². The third-order valence-corrected chi connectivity index (χ3v) is 6.30. The maximum atomic E-state index is 13.4. The van der Waals surface area contributed by atoms with Crippen molar-refractivity contribution in [3.8, 4) is 0 Å². The third kappa shape index (κ3) is 3.36. The highest BCUT2D eigenvalue weighted by atomic mass is 16.4. The van der Waals surface area contributed by atoms with Crippen LogP contribution >= 0.6 is 0 Å². The first-order chi connectivity index (χ1) is 13.1. The van der Waals surface area contributed by atoms with Crippen LogP contribution < -0.4 is 0 Å². The number of rotatable bonds is 5. The van der Waals surface area contributed by atoms with Crippen LogP contribution in [-0.2, 0) is 16.0 Å². The van der Waals surface area contributed by atoms with Crippen molar-refractivity contribution >= 4 is 11.9 Å². The van der Waals surface area contributed by atoms with Crippen LogP contribution in [0.1, 0.15) is 36.3 Å². The van der Waals surface area contributed by atoms with Gasteiger partial charge < -0.3 is 10.0 Å². The van der Waals surface area contributed by atoms with Crippen LogP contribution in [-0.4, -0.2) is 35.0 Å². The Bertz CT molecular complexity index is 814. The highest BCUT2D eigenvalue weighted by Crippen LogP contribution is 2.47. The van der Waals surface area contributed by atoms with E-state index >= 15 is 0 Å². The van der Waals surface area contributed by atoms with E-state index in [1.165, 1.54) is 5.56 Å². The first kappa shape index (κ1) is 17.8. The number of likely N-dealkylation sites (tertiary alicyclic amines) is 1. The minimum Gasteiger partial charge on any atom is -0.481 e. The smallest absolute Gasteiger partial charge is 0.308 e. The molecule has 140 valence electrons. The lowest BCUT2D eigenvalue weighted by atomic mass is 9.64. The SMILES string of the molecule is O=C(O)C1CN(C(=O)C2(Cc3ccccc3)CCC2)CC1c1ccccc1. The summed E-state index contributed by atoms with van der Waals surface area (Å²) < 4.78 is 0. The molecule has 2 aliphatic rings. The molecule has 2 atom stereocenters. The average molecular weight is 363 g/mol. The fourth-order valence-corrected chi connectivity index (χ4v) is 4.65. The summed E-state index contributed by atoms with van der Waals surface area (Å²) in [5.41, 5.74) is 1.83. The van der Waals surface area contributed by atoms with E-state index in [4.69, 9.17) is 0 Å². The lowest BCUT2D eigenvalue weighted by Gasteiger charge is -2.43. The molecule has 1 N–H and O–H groups in total. The van der Waals surface area contributed by atoms with Crippen LogP contribution in [0, 0.1) is 11.3 Å². The molecule has 4 rings (SSSR count). The molecule has 0 radical (unpaired) electrons. The van der Waals surface area contributed by atoms with Gasteiger partial charge in [-0.1, -0.05) is 67.1 Å². The molecule has 1 amide bonds. The molecule has 1 saturated carbocycles. The monoisotopic (exact) mass is 363 g/mol. The first-order valence-electron chi connectivity index (χ1n) is 9.70. The Hall–Kier alpha value is -2.62. The second-order valence-corrected chi connectivity index (χ2v) is 7.97. The zero-order valence-corrected chi connectivity index (χ0v) is 15.4. The van der Waals surface area contributed by atoms with E-state index in [0.717, 1.165) is 31.2 Å². The van der Waals surface area contributed by atoms with Crippen LogP contribution in [0.25, 0.3) is 0 Å². The van der Waals surface area contributed by atoms with Gasteiger partial charge in [-0.2, -0.15) is 0 Å². The predicted octanol–water partition coefficient (Wildman–Crippen LogP) is 3.73. The van der Waals surface area contributed by atoms with Crippen LogP contribution in [0.15, 0.2) is 60.7 Å². The highest BCUT2D eigenvalue weighted by molar-refractivity contribution is 5.85. The molecule has 4 heteroatoms. The minimum atomic E-state index is -0.815. The van der Waals surface area contributed by atoms with Gasteiger partial charge >= 0.3 is 5.97 Å². The number of carbonyl (C=O) groups is 2. The number of carbonyl (C=O) groups excluding carboxylic acids is 1. The molecule has 4 nitrogen and oxygen atoms in total. The van der Waals surface area contributed by atoms with Gasteiger partial charge in [-0.15, -0.1) is 0 Å². The summed E-state index contributed by atoms with van der Waals surface area (Å²) in [7, 11) is 0. The molecule has 0 aromatic heterocycles. The lowest BCUT2D eigenvalue weighted by Crippen LogP contribution is -2.48. The maximum absolute atomic E-state index is 13.4. The molecule has 2 aromatic carbocycles. The Morgan fingerprint density at radius 3 is 2.15 bits per heavy atom. The number of carboxylic acid groups (broad SMARTS) is 1. The van der Waals surface area contributed by atoms with Crippen LogP contribution in [0.5, 0.6) is 0 Å². The topological polar surface area (TPSA) is 57.6 Å². The molecule has 2 aromatic rings. The van der Waals surface area contributed by atoms with E-state index in [1.807, 2.05) is 53.4 Å². The highest BCUT2D eigenvalue weighted by Gasteiger charge is 2.50. The molecule has 2 unspecified atom stereocenters. The molecule has 1 aliphatic carbocycles. The van der Waals surface area contributed by atoms with Crippen molar-refractivity contribution in [3.05, 3.63) is 71.8 Å². The van der Waals surface area contributed by atoms with Gasteiger partial charge in [-0.05, 0) is 30.4 Å². The number of aliphatic carboxylic acids is 1. The second kappa shape index (κ2) is 7.18. The summed E-state index contributed by atoms with van der Waals surface area (Å²) >= 11 is 0. The van der Waals surface area contributed by atoms with Crippen LogP contribution in [0.2, 0.25) is 0 Å². The summed E-state index contributed by atoms with van der Waals surface area (Å²) in [5.74, 6) is -1.35. The number of carboxylic acids is 1. The molecule has 27 heavy (non-hydrogen) atoms. The quantitative estimate of drug-likeness (QED) is 0.881. The van der Waals surface area contributed by atoms with Gasteiger partial charge in [-0.3, -0.25) is 9.59 Å². The second-order valence-electron chi connectivity index (χ2n) is 7.97. The van der Waals surface area contributed by atoms with Crippen molar-refractivity contribution in [3.63, 3.8) is 0 Å². The summed E-state index contributed by atoms with van der Waals surface area (Å²) in [5, 5.41) is 9.72. The van der Waals surface area contributed by atoms with Crippen molar-refractivity contribution in [2.45, 2.75) is 31.6 Å². The van der Waals surface area contributed by atoms with Gasteiger partial charge in [0.05, 0.1) is 11.3 Å². The number of nitrogens with zero attached hydrogens (tertiary/aromatic N) is 1. The van der Waals surface area contributed by atoms with Gasteiger partial charge in [0, 0.05) is 19.0 Å². The molecular formula is C23H25NO3. The van der Waals surface area contributed by atoms with E-state index in [0.29, 0.717) is 13.1 Å². The van der Waals surface area contributed by atoms with Gasteiger partial charge in [-0.25, -0.2) is 0 Å². The van der Waals surface area contributed by atoms with Gasteiger partial charge in [0.1, 0.15) is 0 Å². The van der Waals surface area contributed by atoms with Gasteiger partial charge in [0.25, 0.3) is 0 Å². The molecule has 1 aliphatic heterocycles. The Morgan fingerprint density at radius 2 is 1.59 bits per heavy atom. The Balaban J connectivity index is 1.55. The van der Waals surface area contributed by atoms with Gasteiger partial charge in [0.2, 0.25) is 5.91 Å². The van der Waals surface area contributed by atoms with Crippen LogP contribution in [0.3, 0.4) is 0 Å². The molecule has 0 spiro atoms. The van der Waals surface area contributed by atoms with Crippen molar-refractivity contribution in [1.29, 1.82) is 0 Å². The number of benzene rings is 2. The number of amides is 1. The molecule has 2 fully saturated rings. The lowest BCUT2D eigenvalue weighted by molar-refractivity contribution is -0.147. The Morgan fingerprint density at radius 1 is 0.963 bits per heavy atom. The fraction of sp³-hybridized carbons (Fsp3) is 0.391. The molecule has 1 heterocycles. The standard InChI is InChI=1S/C23H25NO3/c25-21(26)20-16-24(15-19(20)18-10-5-2-6-11-18)22(27)23(12-7-13-23)14-17-8-3-1-4-9-17/h1-6,8-11,19-20H,7,12-16H2,(H,25,26). The summed E-state index contributed by atoms with van der Waals surface area (Å²) in [6.07, 6.45) is 3.60. The third-order valence-electron chi connectivity index (χ3n) is 6.30. The summed E-state index contributed by atoms with van der Waals surface area (Å²) in [6, 6.07) is 19.9. The van der Waals surface area contributed by atoms with E-state index < -0.39 is 11.9 Å².